The molecule has 0 radical (unpaired) electrons. The van der Waals surface area contributed by atoms with Crippen molar-refractivity contribution in [2.45, 2.75) is 24.7 Å². The smallest absolute Gasteiger partial charge is 0.407 e. The average molecular weight is 445 g/mol. The third-order valence-electron chi connectivity index (χ3n) is 6.21. The highest BCUT2D eigenvalue weighted by atomic mass is 16.5. The minimum atomic E-state index is -1.25. The van der Waals surface area contributed by atoms with Crippen LogP contribution in [-0.2, 0) is 16.1 Å². The van der Waals surface area contributed by atoms with Crippen LogP contribution in [0.15, 0.2) is 66.7 Å². The summed E-state index contributed by atoms with van der Waals surface area (Å²) in [6.07, 6.45) is -3.16. The Morgan fingerprint density at radius 2 is 1.67 bits per heavy atom. The van der Waals surface area contributed by atoms with Crippen molar-refractivity contribution in [3.63, 3.8) is 0 Å². The quantitative estimate of drug-likeness (QED) is 0.503. The molecule has 33 heavy (non-hydrogen) atoms. The van der Waals surface area contributed by atoms with E-state index in [0.717, 1.165) is 22.3 Å². The number of aliphatic hydroxyl groups excluding tert-OH is 2. The van der Waals surface area contributed by atoms with Gasteiger partial charge in [-0.15, -0.1) is 0 Å². The second kappa shape index (κ2) is 8.69. The average Bonchev–Trinajstić information content (AvgIpc) is 3.38. The number of aliphatic hydroxyl groups is 2. The fraction of sp³-hybridized carbons (Fsp3) is 0.231. The van der Waals surface area contributed by atoms with Gasteiger partial charge in [0.05, 0.1) is 5.56 Å². The number of rotatable bonds is 6. The first kappa shape index (κ1) is 21.2. The molecular weight excluding hydrogens is 422 g/mol. The third kappa shape index (κ3) is 3.97. The Hall–Kier alpha value is -3.68. The van der Waals surface area contributed by atoms with E-state index in [1.165, 1.54) is 0 Å². The molecule has 1 heterocycles. The van der Waals surface area contributed by atoms with Crippen molar-refractivity contribution in [1.82, 2.24) is 5.32 Å². The molecule has 1 aliphatic carbocycles. The standard InChI is InChI=1S/C26H23NO6/c28-23(24(29)15-9-10-17-16(11-15)13-32-25(17)30)12-27-26(31)33-14-22-20-7-3-1-5-18(20)19-6-2-4-8-21(19)22/h1-11,22-24,28-29H,12-14H2,(H,27,31). The molecule has 0 saturated carbocycles. The Bertz CT molecular complexity index is 1180. The van der Waals surface area contributed by atoms with E-state index < -0.39 is 24.3 Å². The molecule has 0 fully saturated rings. The first-order valence-corrected chi connectivity index (χ1v) is 10.8. The van der Waals surface area contributed by atoms with Gasteiger partial charge in [0.2, 0.25) is 0 Å². The van der Waals surface area contributed by atoms with E-state index in [-0.39, 0.29) is 25.7 Å². The minimum absolute atomic E-state index is 0.0602. The maximum absolute atomic E-state index is 12.3. The predicted octanol–water partition coefficient (Wildman–Crippen LogP) is 3.29. The summed E-state index contributed by atoms with van der Waals surface area (Å²) in [7, 11) is 0. The lowest BCUT2D eigenvalue weighted by molar-refractivity contribution is 0.0185. The summed E-state index contributed by atoms with van der Waals surface area (Å²) in [6, 6.07) is 20.9. The normalized spacial score (nSPS) is 15.8. The Morgan fingerprint density at radius 3 is 2.36 bits per heavy atom. The number of alkyl carbamates (subject to hydrolysis) is 1. The van der Waals surface area contributed by atoms with Gasteiger partial charge in [-0.3, -0.25) is 0 Å². The highest BCUT2D eigenvalue weighted by Gasteiger charge is 2.29. The Kier molecular flexibility index (Phi) is 5.58. The van der Waals surface area contributed by atoms with Crippen LogP contribution in [0.1, 0.15) is 44.6 Å². The highest BCUT2D eigenvalue weighted by Crippen LogP contribution is 2.44. The number of hydrogen-bond acceptors (Lipinski definition) is 6. The molecule has 0 saturated heterocycles. The lowest BCUT2D eigenvalue weighted by Crippen LogP contribution is -2.36. The number of carbonyl (C=O) groups is 2. The van der Waals surface area contributed by atoms with Crippen LogP contribution in [0.25, 0.3) is 11.1 Å². The molecule has 3 aromatic carbocycles. The second-order valence-corrected chi connectivity index (χ2v) is 8.21. The van der Waals surface area contributed by atoms with Crippen molar-refractivity contribution in [3.05, 3.63) is 94.5 Å². The minimum Gasteiger partial charge on any atom is -0.457 e. The lowest BCUT2D eigenvalue weighted by Gasteiger charge is -2.20. The van der Waals surface area contributed by atoms with Gasteiger partial charge < -0.3 is 25.0 Å². The third-order valence-corrected chi connectivity index (χ3v) is 6.21. The van der Waals surface area contributed by atoms with Gasteiger partial charge in [-0.2, -0.15) is 0 Å². The van der Waals surface area contributed by atoms with Crippen LogP contribution in [0.2, 0.25) is 0 Å². The molecule has 5 rings (SSSR count). The van der Waals surface area contributed by atoms with Gasteiger partial charge in [-0.05, 0) is 39.9 Å². The lowest BCUT2D eigenvalue weighted by atomic mass is 9.98. The topological polar surface area (TPSA) is 105 Å². The Balaban J connectivity index is 1.17. The SMILES string of the molecule is O=C(NCC(O)C(O)c1ccc2c(c1)COC2=O)OCC1c2ccccc2-c2ccccc21. The molecule has 0 spiro atoms. The molecule has 2 atom stereocenters. The molecular formula is C26H23NO6. The number of benzene rings is 3. The van der Waals surface area contributed by atoms with Crippen LogP contribution in [0.4, 0.5) is 4.79 Å². The number of amides is 1. The maximum atomic E-state index is 12.3. The first-order valence-electron chi connectivity index (χ1n) is 10.8. The molecule has 2 unspecified atom stereocenters. The number of fused-ring (bicyclic) bond motifs is 4. The largest absolute Gasteiger partial charge is 0.457 e. The number of carbonyl (C=O) groups excluding carboxylic acids is 2. The fourth-order valence-corrected chi connectivity index (χ4v) is 4.51. The summed E-state index contributed by atoms with van der Waals surface area (Å²) in [5, 5.41) is 23.3. The number of ether oxygens (including phenoxy) is 2. The van der Waals surface area contributed by atoms with Gasteiger partial charge in [-0.1, -0.05) is 54.6 Å². The van der Waals surface area contributed by atoms with Crippen LogP contribution in [0, 0.1) is 0 Å². The van der Waals surface area contributed by atoms with E-state index in [1.807, 2.05) is 36.4 Å². The second-order valence-electron chi connectivity index (χ2n) is 8.21. The van der Waals surface area contributed by atoms with E-state index in [0.29, 0.717) is 16.7 Å². The van der Waals surface area contributed by atoms with E-state index in [1.54, 1.807) is 18.2 Å². The predicted molar refractivity (Wildman–Crippen MR) is 120 cm³/mol. The van der Waals surface area contributed by atoms with Crippen molar-refractivity contribution in [1.29, 1.82) is 0 Å². The number of hydrogen-bond donors (Lipinski definition) is 3. The van der Waals surface area contributed by atoms with Crippen LogP contribution < -0.4 is 5.32 Å². The molecule has 1 amide bonds. The first-order chi connectivity index (χ1) is 16.0. The highest BCUT2D eigenvalue weighted by molar-refractivity contribution is 5.93. The molecule has 7 nitrogen and oxygen atoms in total. The number of nitrogens with one attached hydrogen (secondary N) is 1. The van der Waals surface area contributed by atoms with Crippen molar-refractivity contribution in [2.24, 2.45) is 0 Å². The van der Waals surface area contributed by atoms with Gasteiger partial charge in [0.1, 0.15) is 25.4 Å². The molecule has 0 bridgehead atoms. The molecule has 3 aromatic rings. The monoisotopic (exact) mass is 445 g/mol. The Morgan fingerprint density at radius 1 is 1.00 bits per heavy atom. The summed E-state index contributed by atoms with van der Waals surface area (Å²) in [6.45, 7) is 0.116. The van der Waals surface area contributed by atoms with Gasteiger partial charge in [0.25, 0.3) is 0 Å². The van der Waals surface area contributed by atoms with E-state index in [4.69, 9.17) is 9.47 Å². The van der Waals surface area contributed by atoms with Crippen LogP contribution in [0.5, 0.6) is 0 Å². The molecule has 2 aliphatic rings. The van der Waals surface area contributed by atoms with Crippen molar-refractivity contribution < 1.29 is 29.3 Å². The summed E-state index contributed by atoms with van der Waals surface area (Å²) >= 11 is 0. The maximum Gasteiger partial charge on any atom is 0.407 e. The molecule has 7 heteroatoms. The van der Waals surface area contributed by atoms with Crippen molar-refractivity contribution >= 4 is 12.1 Å². The number of esters is 1. The number of cyclic esters (lactones) is 1. The van der Waals surface area contributed by atoms with Gasteiger partial charge in [-0.25, -0.2) is 9.59 Å². The Labute approximate surface area is 190 Å². The summed E-state index contributed by atoms with van der Waals surface area (Å²) in [5.74, 6) is -0.460. The van der Waals surface area contributed by atoms with Crippen molar-refractivity contribution in [3.8, 4) is 11.1 Å². The van der Waals surface area contributed by atoms with Crippen molar-refractivity contribution in [2.75, 3.05) is 13.2 Å². The van der Waals surface area contributed by atoms with Crippen LogP contribution in [0.3, 0.4) is 0 Å². The van der Waals surface area contributed by atoms with E-state index >= 15 is 0 Å². The summed E-state index contributed by atoms with van der Waals surface area (Å²) in [4.78, 5) is 23.9. The molecule has 3 N–H and O–H groups in total. The zero-order valence-corrected chi connectivity index (χ0v) is 17.7. The van der Waals surface area contributed by atoms with Gasteiger partial charge >= 0.3 is 12.1 Å². The zero-order chi connectivity index (χ0) is 22.9. The fourth-order valence-electron chi connectivity index (χ4n) is 4.51. The van der Waals surface area contributed by atoms with E-state index in [9.17, 15) is 19.8 Å². The van der Waals surface area contributed by atoms with Gasteiger partial charge in [0, 0.05) is 18.0 Å². The zero-order valence-electron chi connectivity index (χ0n) is 17.7. The van der Waals surface area contributed by atoms with Crippen LogP contribution >= 0.6 is 0 Å². The van der Waals surface area contributed by atoms with Gasteiger partial charge in [0.15, 0.2) is 0 Å². The summed E-state index contributed by atoms with van der Waals surface area (Å²) < 4.78 is 10.4. The summed E-state index contributed by atoms with van der Waals surface area (Å²) in [5.41, 5.74) is 6.06. The van der Waals surface area contributed by atoms with E-state index in [2.05, 4.69) is 17.4 Å². The van der Waals surface area contributed by atoms with Crippen LogP contribution in [-0.4, -0.2) is 41.5 Å². The molecule has 0 aromatic heterocycles. The molecule has 1 aliphatic heterocycles. The molecule has 168 valence electrons.